The molecule has 0 spiro atoms. The normalized spacial score (nSPS) is 10.3. The average molecular weight is 287 g/mol. The van der Waals surface area contributed by atoms with Crippen LogP contribution in [0.4, 0.5) is 5.69 Å². The third-order valence-electron chi connectivity index (χ3n) is 2.34. The van der Waals surface area contributed by atoms with E-state index in [0.717, 1.165) is 11.8 Å². The van der Waals surface area contributed by atoms with E-state index in [0.29, 0.717) is 6.61 Å². The number of carboxylic acid groups (broad SMARTS) is 1. The van der Waals surface area contributed by atoms with Gasteiger partial charge in [0, 0.05) is 6.61 Å². The van der Waals surface area contributed by atoms with Crippen molar-refractivity contribution in [1.29, 1.82) is 0 Å². The van der Waals surface area contributed by atoms with Gasteiger partial charge >= 0.3 is 17.6 Å². The van der Waals surface area contributed by atoms with Gasteiger partial charge in [-0.2, -0.15) is 5.10 Å². The number of methoxy groups -OCH3 is 1. The molecule has 1 rings (SSSR count). The number of carbonyl (C=O) groups is 2. The minimum Gasteiger partial charge on any atom is -0.476 e. The number of aromatic carboxylic acids is 1. The van der Waals surface area contributed by atoms with Gasteiger partial charge in [0.15, 0.2) is 0 Å². The molecule has 10 heteroatoms. The second kappa shape index (κ2) is 6.61. The molecule has 0 aliphatic rings. The lowest BCUT2D eigenvalue weighted by molar-refractivity contribution is -0.385. The van der Waals surface area contributed by atoms with Crippen LogP contribution >= 0.6 is 0 Å². The molecule has 0 aromatic carbocycles. The van der Waals surface area contributed by atoms with E-state index >= 15 is 0 Å². The van der Waals surface area contributed by atoms with Crippen molar-refractivity contribution in [3.05, 3.63) is 21.5 Å². The van der Waals surface area contributed by atoms with Gasteiger partial charge in [-0.1, -0.05) is 0 Å². The van der Waals surface area contributed by atoms with Crippen LogP contribution in [0.5, 0.6) is 0 Å². The maximum absolute atomic E-state index is 11.6. The van der Waals surface area contributed by atoms with E-state index in [1.165, 1.54) is 0 Å². The Hall–Kier alpha value is -2.49. The fourth-order valence-electron chi connectivity index (χ4n) is 1.53. The van der Waals surface area contributed by atoms with Crippen molar-refractivity contribution >= 4 is 17.6 Å². The van der Waals surface area contributed by atoms with Gasteiger partial charge in [0.25, 0.3) is 0 Å². The lowest BCUT2D eigenvalue weighted by Crippen LogP contribution is -2.16. The highest BCUT2D eigenvalue weighted by molar-refractivity contribution is 5.99. The molecule has 0 radical (unpaired) electrons. The molecular formula is C10H13N3O7. The van der Waals surface area contributed by atoms with E-state index in [1.807, 2.05) is 0 Å². The van der Waals surface area contributed by atoms with Crippen molar-refractivity contribution < 1.29 is 29.1 Å². The summed E-state index contributed by atoms with van der Waals surface area (Å²) in [5.74, 6) is -2.63. The highest BCUT2D eigenvalue weighted by atomic mass is 16.6. The second-order valence-electron chi connectivity index (χ2n) is 3.52. The summed E-state index contributed by atoms with van der Waals surface area (Å²) in [6.07, 6.45) is 0. The van der Waals surface area contributed by atoms with E-state index in [1.54, 1.807) is 6.92 Å². The Bertz CT molecular complexity index is 537. The first kappa shape index (κ1) is 15.6. The minimum atomic E-state index is -1.60. The summed E-state index contributed by atoms with van der Waals surface area (Å²) in [4.78, 5) is 32.6. The summed E-state index contributed by atoms with van der Waals surface area (Å²) >= 11 is 0. The fourth-order valence-corrected chi connectivity index (χ4v) is 1.53. The number of esters is 1. The predicted molar refractivity (Wildman–Crippen MR) is 63.7 cm³/mol. The van der Waals surface area contributed by atoms with Crippen LogP contribution in [0, 0.1) is 10.1 Å². The maximum atomic E-state index is 11.6. The van der Waals surface area contributed by atoms with Gasteiger partial charge in [-0.15, -0.1) is 0 Å². The van der Waals surface area contributed by atoms with Gasteiger partial charge in [-0.3, -0.25) is 10.1 Å². The molecule has 1 aromatic heterocycles. The van der Waals surface area contributed by atoms with Gasteiger partial charge in [0.1, 0.15) is 0 Å². The van der Waals surface area contributed by atoms with Gasteiger partial charge in [-0.25, -0.2) is 14.3 Å². The van der Waals surface area contributed by atoms with Crippen molar-refractivity contribution in [2.24, 2.45) is 0 Å². The Morgan fingerprint density at radius 1 is 1.50 bits per heavy atom. The van der Waals surface area contributed by atoms with Crippen molar-refractivity contribution in [3.63, 3.8) is 0 Å². The van der Waals surface area contributed by atoms with Crippen LogP contribution in [0.25, 0.3) is 0 Å². The Labute approximate surface area is 113 Å². The summed E-state index contributed by atoms with van der Waals surface area (Å²) in [5, 5.41) is 23.4. The molecule has 0 aliphatic heterocycles. The average Bonchev–Trinajstić information content (AvgIpc) is 2.78. The van der Waals surface area contributed by atoms with Gasteiger partial charge < -0.3 is 14.6 Å². The number of carboxylic acids is 1. The lowest BCUT2D eigenvalue weighted by atomic mass is 10.3. The van der Waals surface area contributed by atoms with E-state index in [2.05, 4.69) is 9.84 Å². The van der Waals surface area contributed by atoms with Crippen LogP contribution in [0.2, 0.25) is 0 Å². The van der Waals surface area contributed by atoms with Crippen LogP contribution < -0.4 is 0 Å². The number of nitro groups is 1. The molecule has 0 aliphatic carbocycles. The molecule has 0 unspecified atom stereocenters. The Balaban J connectivity index is 3.34. The molecule has 0 saturated carbocycles. The van der Waals surface area contributed by atoms with Crippen molar-refractivity contribution in [1.82, 2.24) is 9.78 Å². The van der Waals surface area contributed by atoms with E-state index in [-0.39, 0.29) is 13.2 Å². The molecule has 0 bridgehead atoms. The summed E-state index contributed by atoms with van der Waals surface area (Å²) < 4.78 is 10.4. The zero-order valence-corrected chi connectivity index (χ0v) is 10.9. The van der Waals surface area contributed by atoms with Crippen LogP contribution in [-0.4, -0.2) is 52.1 Å². The van der Waals surface area contributed by atoms with Gasteiger partial charge in [-0.05, 0) is 6.92 Å². The quantitative estimate of drug-likeness (QED) is 0.328. The molecular weight excluding hydrogens is 274 g/mol. The maximum Gasteiger partial charge on any atom is 0.363 e. The summed E-state index contributed by atoms with van der Waals surface area (Å²) in [7, 11) is 1.03. The van der Waals surface area contributed by atoms with Crippen molar-refractivity contribution in [2.75, 3.05) is 20.3 Å². The summed E-state index contributed by atoms with van der Waals surface area (Å²) in [5.41, 5.74) is -2.22. The molecule has 10 nitrogen and oxygen atoms in total. The number of rotatable bonds is 7. The van der Waals surface area contributed by atoms with Crippen LogP contribution in [0.15, 0.2) is 0 Å². The first-order valence-electron chi connectivity index (χ1n) is 5.58. The van der Waals surface area contributed by atoms with Gasteiger partial charge in [0.2, 0.25) is 11.4 Å². The van der Waals surface area contributed by atoms with Crippen molar-refractivity contribution in [3.8, 4) is 0 Å². The fraction of sp³-hybridized carbons (Fsp3) is 0.500. The SMILES string of the molecule is CCOCCn1nc(C(=O)O)c([N+](=O)[O-])c1C(=O)OC. The standard InChI is InChI=1S/C10H13N3O7/c1-3-20-5-4-12-8(10(16)19-2)7(13(17)18)6(11-12)9(14)15/h3-5H2,1-2H3,(H,14,15). The van der Waals surface area contributed by atoms with E-state index < -0.39 is 33.9 Å². The molecule has 1 heterocycles. The predicted octanol–water partition coefficient (Wildman–Crippen LogP) is 0.313. The van der Waals surface area contributed by atoms with E-state index in [4.69, 9.17) is 9.84 Å². The largest absolute Gasteiger partial charge is 0.476 e. The van der Waals surface area contributed by atoms with Gasteiger partial charge in [0.05, 0.1) is 25.2 Å². The number of hydrogen-bond acceptors (Lipinski definition) is 7. The third kappa shape index (κ3) is 3.09. The Morgan fingerprint density at radius 3 is 2.60 bits per heavy atom. The topological polar surface area (TPSA) is 134 Å². The van der Waals surface area contributed by atoms with Crippen molar-refractivity contribution in [2.45, 2.75) is 13.5 Å². The molecule has 1 N–H and O–H groups in total. The molecule has 0 fully saturated rings. The molecule has 0 atom stereocenters. The molecule has 0 amide bonds. The number of aromatic nitrogens is 2. The summed E-state index contributed by atoms with van der Waals surface area (Å²) in [6, 6.07) is 0. The number of hydrogen-bond donors (Lipinski definition) is 1. The van der Waals surface area contributed by atoms with Crippen LogP contribution in [0.3, 0.4) is 0 Å². The summed E-state index contributed by atoms with van der Waals surface area (Å²) in [6.45, 7) is 2.27. The zero-order chi connectivity index (χ0) is 15.3. The first-order chi connectivity index (χ1) is 9.43. The number of nitrogens with zero attached hydrogens (tertiary/aromatic N) is 3. The first-order valence-corrected chi connectivity index (χ1v) is 5.58. The molecule has 110 valence electrons. The lowest BCUT2D eigenvalue weighted by Gasteiger charge is -2.05. The monoisotopic (exact) mass is 287 g/mol. The van der Waals surface area contributed by atoms with Crippen LogP contribution in [-0.2, 0) is 16.0 Å². The highest BCUT2D eigenvalue weighted by Crippen LogP contribution is 2.24. The molecule has 1 aromatic rings. The zero-order valence-electron chi connectivity index (χ0n) is 10.9. The number of carbonyl (C=O) groups excluding carboxylic acids is 1. The molecule has 20 heavy (non-hydrogen) atoms. The number of ether oxygens (including phenoxy) is 2. The second-order valence-corrected chi connectivity index (χ2v) is 3.52. The Morgan fingerprint density at radius 2 is 2.15 bits per heavy atom. The smallest absolute Gasteiger partial charge is 0.363 e. The van der Waals surface area contributed by atoms with E-state index in [9.17, 15) is 19.7 Å². The van der Waals surface area contributed by atoms with Crippen LogP contribution in [0.1, 0.15) is 27.9 Å². The molecule has 0 saturated heterocycles. The highest BCUT2D eigenvalue weighted by Gasteiger charge is 2.36. The minimum absolute atomic E-state index is 0.00755. The Kier molecular flexibility index (Phi) is 5.15. The third-order valence-corrected chi connectivity index (χ3v) is 2.34.